The van der Waals surface area contributed by atoms with Crippen LogP contribution in [0.1, 0.15) is 19.8 Å². The molecule has 1 fully saturated rings. The molecule has 0 saturated carbocycles. The summed E-state index contributed by atoms with van der Waals surface area (Å²) in [6, 6.07) is 0. The second-order valence-electron chi connectivity index (χ2n) is 9.90. The predicted molar refractivity (Wildman–Crippen MR) is 167 cm³/mol. The molecule has 1 rings (SSSR count). The molecule has 1 aliphatic rings. The number of rotatable bonds is 37. The lowest BCUT2D eigenvalue weighted by Gasteiger charge is -2.22. The van der Waals surface area contributed by atoms with Gasteiger partial charge in [-0.3, -0.25) is 4.79 Å². The van der Waals surface area contributed by atoms with Crippen LogP contribution in [0.2, 0.25) is 0 Å². The van der Waals surface area contributed by atoms with Crippen LogP contribution in [-0.4, -0.2) is 184 Å². The molecule has 1 saturated heterocycles. The first-order valence-electron chi connectivity index (χ1n) is 16.6. The van der Waals surface area contributed by atoms with Crippen LogP contribution in [0.4, 0.5) is 0 Å². The Morgan fingerprint density at radius 2 is 0.652 bits per heavy atom. The second-order valence-corrected chi connectivity index (χ2v) is 9.90. The number of carbonyl (C=O) groups is 1. The molecule has 0 radical (unpaired) electrons. The number of carbonyl (C=O) groups excluding carboxylic acids is 1. The van der Waals surface area contributed by atoms with Gasteiger partial charge in [-0.15, -0.1) is 0 Å². The van der Waals surface area contributed by atoms with E-state index in [1.165, 1.54) is 6.92 Å². The molecule has 0 amide bonds. The van der Waals surface area contributed by atoms with Gasteiger partial charge in [0.05, 0.1) is 158 Å². The summed E-state index contributed by atoms with van der Waals surface area (Å²) in [4.78, 5) is 10.6. The van der Waals surface area contributed by atoms with E-state index in [4.69, 9.17) is 61.6 Å². The van der Waals surface area contributed by atoms with Crippen LogP contribution in [0.15, 0.2) is 0 Å². The average Bonchev–Trinajstić information content (AvgIpc) is 3.06. The van der Waals surface area contributed by atoms with Gasteiger partial charge in [0.15, 0.2) is 0 Å². The molecule has 0 aromatic rings. The van der Waals surface area contributed by atoms with Gasteiger partial charge in [-0.05, 0) is 25.9 Å². The van der Waals surface area contributed by atoms with E-state index in [2.05, 4.69) is 5.32 Å². The second kappa shape index (κ2) is 36.8. The number of nitrogens with one attached hydrogen (secondary N) is 1. The zero-order valence-electron chi connectivity index (χ0n) is 28.1. The maximum absolute atomic E-state index is 10.6. The van der Waals surface area contributed by atoms with Crippen LogP contribution >= 0.6 is 0 Å². The van der Waals surface area contributed by atoms with Crippen molar-refractivity contribution in [3.63, 3.8) is 0 Å². The van der Waals surface area contributed by atoms with Gasteiger partial charge in [-0.2, -0.15) is 0 Å². The number of ether oxygens (including phenoxy) is 13. The Bertz CT molecular complexity index is 616. The minimum atomic E-state index is -0.311. The van der Waals surface area contributed by atoms with Crippen molar-refractivity contribution in [2.75, 3.05) is 172 Å². The topological polar surface area (TPSA) is 149 Å². The summed E-state index contributed by atoms with van der Waals surface area (Å²) < 4.78 is 70.5. The van der Waals surface area contributed by atoms with Gasteiger partial charge in [-0.1, -0.05) is 0 Å². The standard InChI is InChI=1S/C31H61NO14/c1-30(33)45-28-26-43-24-22-41-20-18-39-16-14-37-12-10-35-8-6-34-7-9-36-11-13-38-15-17-40-19-21-42-23-25-44-27-29-46-31-2-4-32-5-3-31/h31-32H,2-29H2,1H3. The molecule has 1 heterocycles. The molecule has 0 aliphatic carbocycles. The molecular formula is C31H61NO14. The molecule has 1 aliphatic heterocycles. The van der Waals surface area contributed by atoms with Crippen LogP contribution in [0.25, 0.3) is 0 Å². The maximum atomic E-state index is 10.6. The Hall–Kier alpha value is -1.05. The lowest BCUT2D eigenvalue weighted by Crippen LogP contribution is -2.33. The predicted octanol–water partition coefficient (Wildman–Crippen LogP) is 0.501. The SMILES string of the molecule is CC(=O)OCCOCCOCCOCCOCCOCCOCCOCCOCCOCCOCCOCCOC1CCNCC1. The average molecular weight is 672 g/mol. The van der Waals surface area contributed by atoms with E-state index in [0.29, 0.717) is 158 Å². The van der Waals surface area contributed by atoms with Crippen molar-refractivity contribution in [3.8, 4) is 0 Å². The van der Waals surface area contributed by atoms with Crippen molar-refractivity contribution in [1.82, 2.24) is 5.32 Å². The fraction of sp³-hybridized carbons (Fsp3) is 0.968. The number of hydrogen-bond donors (Lipinski definition) is 1. The molecule has 46 heavy (non-hydrogen) atoms. The first-order valence-corrected chi connectivity index (χ1v) is 16.6. The number of esters is 1. The zero-order valence-corrected chi connectivity index (χ0v) is 28.1. The van der Waals surface area contributed by atoms with Crippen molar-refractivity contribution in [1.29, 1.82) is 0 Å². The fourth-order valence-corrected chi connectivity index (χ4v) is 3.78. The van der Waals surface area contributed by atoms with E-state index in [1.54, 1.807) is 0 Å². The Morgan fingerprint density at radius 3 is 0.913 bits per heavy atom. The molecule has 1 N–H and O–H groups in total. The Labute approximate surface area is 275 Å². The lowest BCUT2D eigenvalue weighted by atomic mass is 10.1. The molecule has 0 unspecified atom stereocenters. The molecule has 0 aromatic carbocycles. The highest BCUT2D eigenvalue weighted by molar-refractivity contribution is 5.65. The Morgan fingerprint density at radius 1 is 0.413 bits per heavy atom. The lowest BCUT2D eigenvalue weighted by molar-refractivity contribution is -0.142. The summed E-state index contributed by atoms with van der Waals surface area (Å²) in [6.45, 7) is 15.4. The van der Waals surface area contributed by atoms with Crippen LogP contribution in [0.5, 0.6) is 0 Å². The van der Waals surface area contributed by atoms with Crippen molar-refractivity contribution in [2.45, 2.75) is 25.9 Å². The van der Waals surface area contributed by atoms with Crippen LogP contribution < -0.4 is 5.32 Å². The summed E-state index contributed by atoms with van der Waals surface area (Å²) >= 11 is 0. The fourth-order valence-electron chi connectivity index (χ4n) is 3.78. The highest BCUT2D eigenvalue weighted by Gasteiger charge is 2.12. The molecule has 274 valence electrons. The van der Waals surface area contributed by atoms with Gasteiger partial charge < -0.3 is 66.9 Å². The van der Waals surface area contributed by atoms with Crippen LogP contribution in [0, 0.1) is 0 Å². The number of piperidine rings is 1. The van der Waals surface area contributed by atoms with Gasteiger partial charge in [0.2, 0.25) is 0 Å². The van der Waals surface area contributed by atoms with Gasteiger partial charge >= 0.3 is 5.97 Å². The highest BCUT2D eigenvalue weighted by atomic mass is 16.6. The minimum absolute atomic E-state index is 0.258. The van der Waals surface area contributed by atoms with Crippen molar-refractivity contribution >= 4 is 5.97 Å². The van der Waals surface area contributed by atoms with Gasteiger partial charge in [-0.25, -0.2) is 0 Å². The molecular weight excluding hydrogens is 610 g/mol. The van der Waals surface area contributed by atoms with E-state index in [1.807, 2.05) is 0 Å². The van der Waals surface area contributed by atoms with Crippen LogP contribution in [0.3, 0.4) is 0 Å². The summed E-state index contributed by atoms with van der Waals surface area (Å²) in [5.41, 5.74) is 0. The summed E-state index contributed by atoms with van der Waals surface area (Å²) in [6.07, 6.45) is 2.52. The zero-order chi connectivity index (χ0) is 32.9. The minimum Gasteiger partial charge on any atom is -0.463 e. The van der Waals surface area contributed by atoms with Crippen molar-refractivity contribution in [2.24, 2.45) is 0 Å². The molecule has 0 spiro atoms. The summed E-state index contributed by atoms with van der Waals surface area (Å²) in [5, 5.41) is 3.33. The maximum Gasteiger partial charge on any atom is 0.302 e. The van der Waals surface area contributed by atoms with Crippen LogP contribution in [-0.2, 0) is 66.4 Å². The van der Waals surface area contributed by atoms with E-state index >= 15 is 0 Å². The van der Waals surface area contributed by atoms with Crippen molar-refractivity contribution < 1.29 is 66.4 Å². The van der Waals surface area contributed by atoms with Gasteiger partial charge in [0.25, 0.3) is 0 Å². The normalized spacial score (nSPS) is 13.8. The largest absolute Gasteiger partial charge is 0.463 e. The molecule has 0 bridgehead atoms. The third-order valence-corrected chi connectivity index (χ3v) is 6.12. The first-order chi connectivity index (χ1) is 22.8. The number of hydrogen-bond acceptors (Lipinski definition) is 15. The first kappa shape index (κ1) is 43.0. The van der Waals surface area contributed by atoms with E-state index in [0.717, 1.165) is 25.9 Å². The molecule has 15 nitrogen and oxygen atoms in total. The third-order valence-electron chi connectivity index (χ3n) is 6.12. The Balaban J connectivity index is 1.60. The monoisotopic (exact) mass is 671 g/mol. The van der Waals surface area contributed by atoms with E-state index in [9.17, 15) is 4.79 Å². The quantitative estimate of drug-likeness (QED) is 0.0721. The van der Waals surface area contributed by atoms with Crippen molar-refractivity contribution in [3.05, 3.63) is 0 Å². The van der Waals surface area contributed by atoms with Gasteiger partial charge in [0, 0.05) is 6.92 Å². The summed E-state index contributed by atoms with van der Waals surface area (Å²) in [7, 11) is 0. The van der Waals surface area contributed by atoms with Gasteiger partial charge in [0.1, 0.15) is 6.61 Å². The molecule has 15 heteroatoms. The third kappa shape index (κ3) is 34.3. The molecule has 0 aromatic heterocycles. The Kier molecular flexibility index (Phi) is 34.4. The highest BCUT2D eigenvalue weighted by Crippen LogP contribution is 2.06. The van der Waals surface area contributed by atoms with E-state index in [-0.39, 0.29) is 12.6 Å². The van der Waals surface area contributed by atoms with E-state index < -0.39 is 0 Å². The smallest absolute Gasteiger partial charge is 0.302 e. The molecule has 0 atom stereocenters. The summed E-state index contributed by atoms with van der Waals surface area (Å²) in [5.74, 6) is -0.311.